The van der Waals surface area contributed by atoms with E-state index in [4.69, 9.17) is 0 Å². The van der Waals surface area contributed by atoms with E-state index in [1.54, 1.807) is 0 Å². The lowest BCUT2D eigenvalue weighted by Crippen LogP contribution is -2.41. The third-order valence-corrected chi connectivity index (χ3v) is 10.3. The van der Waals surface area contributed by atoms with Crippen molar-refractivity contribution in [2.45, 2.75) is 20.8 Å². The second-order valence-corrected chi connectivity index (χ2v) is 14.0. The smallest absolute Gasteiger partial charge is 0.0140 e. The van der Waals surface area contributed by atoms with Crippen LogP contribution in [0.15, 0.2) is 163 Å². The lowest BCUT2D eigenvalue weighted by molar-refractivity contribution is 0.502. The predicted molar refractivity (Wildman–Crippen MR) is 187 cm³/mol. The first-order valence-corrected chi connectivity index (χ1v) is 16.3. The van der Waals surface area contributed by atoms with Crippen molar-refractivity contribution >= 4 is 16.7 Å². The summed E-state index contributed by atoms with van der Waals surface area (Å²) in [6.07, 6.45) is 39.9. The molecule has 0 saturated carbocycles. The minimum atomic E-state index is 0.0877. The van der Waals surface area contributed by atoms with Crippen molar-refractivity contribution in [2.24, 2.45) is 40.9 Å². The number of hydrogen-bond acceptors (Lipinski definition) is 0. The molecule has 44 heavy (non-hydrogen) atoms. The van der Waals surface area contributed by atoms with Gasteiger partial charge in [-0.3, -0.25) is 0 Å². The van der Waals surface area contributed by atoms with Gasteiger partial charge in [0, 0.05) is 35.5 Å². The number of allylic oxidation sites excluding steroid dienone is 20. The van der Waals surface area contributed by atoms with Gasteiger partial charge in [-0.1, -0.05) is 173 Å². The van der Waals surface area contributed by atoms with Crippen LogP contribution in [0.2, 0.25) is 0 Å². The molecule has 0 heterocycles. The topological polar surface area (TPSA) is 0 Å². The maximum atomic E-state index is 2.58. The normalized spacial score (nSPS) is 29.4. The van der Waals surface area contributed by atoms with Crippen molar-refractivity contribution in [3.05, 3.63) is 185 Å². The van der Waals surface area contributed by atoms with E-state index in [-0.39, 0.29) is 17.3 Å². The lowest BCUT2D eigenvalue weighted by atomic mass is 9.66. The third-order valence-electron chi connectivity index (χ3n) is 10.3. The predicted octanol–water partition coefficient (Wildman–Crippen LogP) is 8.99. The molecule has 0 fully saturated rings. The Morgan fingerprint density at radius 3 is 1.64 bits per heavy atom. The van der Waals surface area contributed by atoms with E-state index >= 15 is 0 Å². The van der Waals surface area contributed by atoms with E-state index in [0.717, 1.165) is 0 Å². The molecule has 6 aliphatic rings. The second kappa shape index (κ2) is 10.6. The Balaban J connectivity index is 1.29. The van der Waals surface area contributed by atoms with Crippen molar-refractivity contribution in [3.63, 3.8) is 0 Å². The Bertz CT molecular complexity index is 1950. The van der Waals surface area contributed by atoms with Crippen LogP contribution in [-0.2, 0) is 0 Å². The quantitative estimate of drug-likeness (QED) is 0.347. The van der Waals surface area contributed by atoms with Crippen LogP contribution in [-0.4, -0.2) is 0 Å². The zero-order valence-electron chi connectivity index (χ0n) is 25.9. The third kappa shape index (κ3) is 4.69. The first-order valence-electron chi connectivity index (χ1n) is 16.3. The Kier molecular flexibility index (Phi) is 6.56. The highest BCUT2D eigenvalue weighted by Crippen LogP contribution is 2.46. The molecular weight excluding hydrogens is 528 g/mol. The summed E-state index contributed by atoms with van der Waals surface area (Å²) in [7, 11) is 0. The number of rotatable bonds is 3. The number of benzene rings is 2. The molecule has 8 rings (SSSR count). The van der Waals surface area contributed by atoms with E-state index in [0.29, 0.717) is 23.7 Å². The summed E-state index contributed by atoms with van der Waals surface area (Å²) < 4.78 is 0. The van der Waals surface area contributed by atoms with Gasteiger partial charge in [-0.25, -0.2) is 0 Å². The molecule has 0 saturated heterocycles. The van der Waals surface area contributed by atoms with Crippen molar-refractivity contribution in [1.82, 2.24) is 0 Å². The molecule has 216 valence electrons. The van der Waals surface area contributed by atoms with Crippen LogP contribution < -0.4 is 10.4 Å². The zero-order chi connectivity index (χ0) is 29.8. The largest absolute Gasteiger partial charge is 0.0767 e. The average Bonchev–Trinajstić information content (AvgIpc) is 3.06. The molecule has 6 unspecified atom stereocenters. The van der Waals surface area contributed by atoms with E-state index in [9.17, 15) is 0 Å². The van der Waals surface area contributed by atoms with Gasteiger partial charge in [-0.05, 0) is 54.8 Å². The molecule has 2 aromatic carbocycles. The van der Waals surface area contributed by atoms with Crippen molar-refractivity contribution < 1.29 is 0 Å². The molecule has 0 spiro atoms. The summed E-state index contributed by atoms with van der Waals surface area (Å²) in [4.78, 5) is 0. The highest BCUT2D eigenvalue weighted by Gasteiger charge is 2.35. The average molecular weight is 569 g/mol. The minimum Gasteiger partial charge on any atom is -0.0767 e. The standard InChI is InChI=1S/C44H40/c1-44(2,3)37-24-25-40-41(28-37)42(32-20-16-31(17-21-32)35-22-18-29-10-4-6-12-33(29)26-35)38-14-8-9-15-39(38)43(40)36-23-19-30-11-5-7-13-34(30)27-36/h4-30,33-34,40-41H,1-3H3. The van der Waals surface area contributed by atoms with Crippen LogP contribution in [0.4, 0.5) is 0 Å². The van der Waals surface area contributed by atoms with Crippen LogP contribution >= 0.6 is 0 Å². The summed E-state index contributed by atoms with van der Waals surface area (Å²) >= 11 is 0. The Labute approximate surface area is 262 Å². The summed E-state index contributed by atoms with van der Waals surface area (Å²) in [5, 5.41) is 2.74. The lowest BCUT2D eigenvalue weighted by Gasteiger charge is -2.38. The van der Waals surface area contributed by atoms with E-state index < -0.39 is 0 Å². The molecule has 0 aliphatic heterocycles. The maximum Gasteiger partial charge on any atom is 0.0140 e. The van der Waals surface area contributed by atoms with Gasteiger partial charge in [-0.2, -0.15) is 0 Å². The van der Waals surface area contributed by atoms with Crippen molar-refractivity contribution in [1.29, 1.82) is 0 Å². The number of fused-ring (bicyclic) bond motifs is 4. The van der Waals surface area contributed by atoms with E-state index in [1.165, 1.54) is 49.4 Å². The fraction of sp³-hybridized carbons (Fsp3) is 0.227. The SMILES string of the molecule is CC(C)(C)C1=CC2C(c3ccc(C4=CC5C=CC=CC5C=C4)cc3)=c3ccccc3=C(C3=CC4C=CC=CC4C=C3)C2C=C1. The monoisotopic (exact) mass is 568 g/mol. The summed E-state index contributed by atoms with van der Waals surface area (Å²) in [5.74, 6) is 2.36. The molecule has 0 aromatic heterocycles. The highest BCUT2D eigenvalue weighted by atomic mass is 14.4. The van der Waals surface area contributed by atoms with Gasteiger partial charge in [0.1, 0.15) is 0 Å². The van der Waals surface area contributed by atoms with Crippen LogP contribution in [0.1, 0.15) is 31.9 Å². The molecule has 0 N–H and O–H groups in total. The fourth-order valence-electron chi connectivity index (χ4n) is 7.90. The number of hydrogen-bond donors (Lipinski definition) is 0. The Morgan fingerprint density at radius 1 is 0.455 bits per heavy atom. The molecule has 6 aliphatic carbocycles. The molecule has 0 radical (unpaired) electrons. The molecule has 0 amide bonds. The molecule has 0 nitrogen and oxygen atoms in total. The van der Waals surface area contributed by atoms with E-state index in [1.807, 2.05) is 0 Å². The Hall–Kier alpha value is -4.42. The van der Waals surface area contributed by atoms with Gasteiger partial charge in [0.25, 0.3) is 0 Å². The summed E-state index contributed by atoms with van der Waals surface area (Å²) in [6, 6.07) is 18.5. The summed E-state index contributed by atoms with van der Waals surface area (Å²) in [5.41, 5.74) is 9.72. The fourth-order valence-corrected chi connectivity index (χ4v) is 7.90. The first-order chi connectivity index (χ1) is 21.4. The van der Waals surface area contributed by atoms with Gasteiger partial charge in [0.2, 0.25) is 0 Å². The van der Waals surface area contributed by atoms with Crippen molar-refractivity contribution in [3.8, 4) is 0 Å². The molecule has 6 atom stereocenters. The van der Waals surface area contributed by atoms with Crippen LogP contribution in [0, 0.1) is 40.9 Å². The minimum absolute atomic E-state index is 0.0877. The zero-order valence-corrected chi connectivity index (χ0v) is 25.9. The summed E-state index contributed by atoms with van der Waals surface area (Å²) in [6.45, 7) is 7.01. The first kappa shape index (κ1) is 27.2. The maximum absolute atomic E-state index is 2.58. The van der Waals surface area contributed by atoms with Gasteiger partial charge in [0.15, 0.2) is 0 Å². The second-order valence-electron chi connectivity index (χ2n) is 14.0. The molecule has 0 bridgehead atoms. The van der Waals surface area contributed by atoms with Crippen LogP contribution in [0.3, 0.4) is 0 Å². The molecular formula is C44H40. The van der Waals surface area contributed by atoms with E-state index in [2.05, 4.69) is 173 Å². The van der Waals surface area contributed by atoms with Gasteiger partial charge >= 0.3 is 0 Å². The molecule has 0 heteroatoms. The van der Waals surface area contributed by atoms with Gasteiger partial charge in [-0.15, -0.1) is 0 Å². The van der Waals surface area contributed by atoms with Crippen molar-refractivity contribution in [2.75, 3.05) is 0 Å². The molecule has 2 aromatic rings. The van der Waals surface area contributed by atoms with Gasteiger partial charge < -0.3 is 0 Å². The van der Waals surface area contributed by atoms with Gasteiger partial charge in [0.05, 0.1) is 0 Å². The Morgan fingerprint density at radius 2 is 1.00 bits per heavy atom. The van der Waals surface area contributed by atoms with Crippen LogP contribution in [0.25, 0.3) is 16.7 Å². The van der Waals surface area contributed by atoms with Crippen LogP contribution in [0.5, 0.6) is 0 Å². The highest BCUT2D eigenvalue weighted by molar-refractivity contribution is 5.84.